The molecule has 0 aliphatic carbocycles. The molecule has 5 amide bonds. The van der Waals surface area contributed by atoms with E-state index in [0.717, 1.165) is 0 Å². The standard InChI is InChI=1S/C26H35N5O9/c1-5-13(3)20(25(38)30-17(23(28)36)12-19(27)33)31-24(37)18(29-14(4)32)11-15-7-9-16(10-8-15)21(34)22(35)26(39)40-6-2/h7-10,13,17-18,20H,5-6,11-12H2,1-4H3,(H2,27,33)(H2,28,36)(H,29,32)(H,30,38)(H,31,37)/t13-,17-,18-,20-/m0/s1. The quantitative estimate of drug-likeness (QED) is 0.0677. The molecule has 1 aromatic rings. The zero-order valence-electron chi connectivity index (χ0n) is 22.8. The number of carbonyl (C=O) groups excluding carboxylic acids is 8. The molecular weight excluding hydrogens is 526 g/mol. The number of esters is 1. The number of nitrogens with two attached hydrogens (primary N) is 2. The van der Waals surface area contributed by atoms with Crippen LogP contribution in [0, 0.1) is 5.92 Å². The maximum Gasteiger partial charge on any atom is 0.383 e. The Morgan fingerprint density at radius 2 is 1.45 bits per heavy atom. The van der Waals surface area contributed by atoms with E-state index in [9.17, 15) is 38.4 Å². The van der Waals surface area contributed by atoms with Crippen LogP contribution in [0.5, 0.6) is 0 Å². The van der Waals surface area contributed by atoms with Crippen LogP contribution in [0.15, 0.2) is 24.3 Å². The molecule has 0 bridgehead atoms. The fraction of sp³-hybridized carbons (Fsp3) is 0.462. The summed E-state index contributed by atoms with van der Waals surface area (Å²) in [6.07, 6.45) is -0.146. The van der Waals surface area contributed by atoms with Gasteiger partial charge >= 0.3 is 11.8 Å². The lowest BCUT2D eigenvalue weighted by Gasteiger charge is -2.27. The monoisotopic (exact) mass is 561 g/mol. The summed E-state index contributed by atoms with van der Waals surface area (Å²) in [5.74, 6) is -7.96. The van der Waals surface area contributed by atoms with Gasteiger partial charge in [0, 0.05) is 18.9 Å². The maximum atomic E-state index is 13.2. The van der Waals surface area contributed by atoms with Crippen molar-refractivity contribution in [3.8, 4) is 0 Å². The lowest BCUT2D eigenvalue weighted by atomic mass is 9.96. The molecule has 0 saturated heterocycles. The molecule has 0 fully saturated rings. The number of carbonyl (C=O) groups is 8. The number of hydrogen-bond acceptors (Lipinski definition) is 9. The van der Waals surface area contributed by atoms with Crippen molar-refractivity contribution >= 4 is 47.1 Å². The van der Waals surface area contributed by atoms with Gasteiger partial charge in [-0.15, -0.1) is 0 Å². The molecule has 0 unspecified atom stereocenters. The number of rotatable bonds is 16. The normalized spacial score (nSPS) is 13.5. The van der Waals surface area contributed by atoms with Gasteiger partial charge in [-0.05, 0) is 18.4 Å². The van der Waals surface area contributed by atoms with Crippen molar-refractivity contribution in [1.29, 1.82) is 0 Å². The Kier molecular flexibility index (Phi) is 13.1. The highest BCUT2D eigenvalue weighted by molar-refractivity contribution is 6.65. The van der Waals surface area contributed by atoms with E-state index in [0.29, 0.717) is 12.0 Å². The molecule has 0 saturated carbocycles. The second-order valence-corrected chi connectivity index (χ2v) is 9.04. The summed E-state index contributed by atoms with van der Waals surface area (Å²) in [6.45, 7) is 6.07. The van der Waals surface area contributed by atoms with Gasteiger partial charge in [-0.3, -0.25) is 33.6 Å². The van der Waals surface area contributed by atoms with E-state index in [2.05, 4.69) is 20.7 Å². The van der Waals surface area contributed by atoms with Crippen molar-refractivity contribution < 1.29 is 43.1 Å². The van der Waals surface area contributed by atoms with Crippen LogP contribution < -0.4 is 27.4 Å². The molecule has 218 valence electrons. The van der Waals surface area contributed by atoms with Crippen LogP contribution in [-0.4, -0.2) is 71.8 Å². The Morgan fingerprint density at radius 3 is 1.93 bits per heavy atom. The Morgan fingerprint density at radius 1 is 0.850 bits per heavy atom. The topological polar surface area (TPSA) is 234 Å². The Labute approximate surface area is 230 Å². The highest BCUT2D eigenvalue weighted by Crippen LogP contribution is 2.12. The molecule has 0 aromatic heterocycles. The van der Waals surface area contributed by atoms with E-state index in [1.807, 2.05) is 0 Å². The zero-order valence-corrected chi connectivity index (χ0v) is 22.8. The number of nitrogens with one attached hydrogen (secondary N) is 3. The SMILES string of the molecule is CCOC(=O)C(=O)C(=O)c1ccc(C[C@H](NC(C)=O)C(=O)N[C@H](C(=O)N[C@@H](CC(N)=O)C(N)=O)[C@@H](C)CC)cc1. The van der Waals surface area contributed by atoms with E-state index in [1.165, 1.54) is 38.1 Å². The molecule has 0 aliphatic heterocycles. The van der Waals surface area contributed by atoms with Crippen molar-refractivity contribution in [3.05, 3.63) is 35.4 Å². The summed E-state index contributed by atoms with van der Waals surface area (Å²) in [5, 5.41) is 7.41. The highest BCUT2D eigenvalue weighted by atomic mass is 16.5. The third-order valence-electron chi connectivity index (χ3n) is 5.88. The lowest BCUT2D eigenvalue weighted by molar-refractivity contribution is -0.151. The van der Waals surface area contributed by atoms with Crippen LogP contribution in [0.4, 0.5) is 0 Å². The van der Waals surface area contributed by atoms with Crippen LogP contribution >= 0.6 is 0 Å². The fourth-order valence-electron chi connectivity index (χ4n) is 3.54. The van der Waals surface area contributed by atoms with Crippen LogP contribution in [0.2, 0.25) is 0 Å². The summed E-state index contributed by atoms with van der Waals surface area (Å²) in [4.78, 5) is 96.6. The van der Waals surface area contributed by atoms with Crippen LogP contribution in [0.25, 0.3) is 0 Å². The Bertz CT molecular complexity index is 1150. The van der Waals surface area contributed by atoms with Crippen LogP contribution in [0.3, 0.4) is 0 Å². The van der Waals surface area contributed by atoms with Crippen molar-refractivity contribution in [2.45, 2.75) is 65.1 Å². The number of hydrogen-bond donors (Lipinski definition) is 5. The van der Waals surface area contributed by atoms with E-state index < -0.39 is 77.5 Å². The van der Waals surface area contributed by atoms with Gasteiger partial charge in [0.15, 0.2) is 0 Å². The third-order valence-corrected chi connectivity index (χ3v) is 5.88. The van der Waals surface area contributed by atoms with Gasteiger partial charge < -0.3 is 32.2 Å². The average Bonchev–Trinajstić information content (AvgIpc) is 2.89. The zero-order chi connectivity index (χ0) is 30.6. The van der Waals surface area contributed by atoms with Gasteiger partial charge in [0.25, 0.3) is 0 Å². The number of ketones is 2. The van der Waals surface area contributed by atoms with Crippen molar-refractivity contribution in [3.63, 3.8) is 0 Å². The first-order chi connectivity index (χ1) is 18.7. The first kappa shape index (κ1) is 33.4. The second kappa shape index (κ2) is 15.7. The largest absolute Gasteiger partial charge is 0.460 e. The molecule has 14 nitrogen and oxygen atoms in total. The van der Waals surface area contributed by atoms with Gasteiger partial charge in [-0.2, -0.15) is 0 Å². The van der Waals surface area contributed by atoms with Gasteiger partial charge in [0.2, 0.25) is 35.3 Å². The number of primary amides is 2. The molecule has 0 aliphatic rings. The van der Waals surface area contributed by atoms with E-state index in [4.69, 9.17) is 11.5 Å². The summed E-state index contributed by atoms with van der Waals surface area (Å²) in [5.41, 5.74) is 10.8. The minimum Gasteiger partial charge on any atom is -0.460 e. The molecule has 0 radical (unpaired) electrons. The van der Waals surface area contributed by atoms with Crippen LogP contribution in [-0.2, 0) is 44.7 Å². The second-order valence-electron chi connectivity index (χ2n) is 9.04. The van der Waals surface area contributed by atoms with Gasteiger partial charge in [0.1, 0.15) is 18.1 Å². The van der Waals surface area contributed by atoms with Crippen molar-refractivity contribution in [2.75, 3.05) is 6.61 Å². The summed E-state index contributed by atoms with van der Waals surface area (Å²) >= 11 is 0. The van der Waals surface area contributed by atoms with E-state index >= 15 is 0 Å². The molecule has 14 heteroatoms. The molecule has 4 atom stereocenters. The van der Waals surface area contributed by atoms with Crippen molar-refractivity contribution in [1.82, 2.24) is 16.0 Å². The third kappa shape index (κ3) is 10.3. The molecule has 0 heterocycles. The smallest absolute Gasteiger partial charge is 0.383 e. The molecule has 1 aromatic carbocycles. The molecule has 1 rings (SSSR count). The average molecular weight is 562 g/mol. The number of ether oxygens (including phenoxy) is 1. The Balaban J connectivity index is 3.11. The van der Waals surface area contributed by atoms with Gasteiger partial charge in [-0.25, -0.2) is 4.79 Å². The van der Waals surface area contributed by atoms with E-state index in [1.54, 1.807) is 13.8 Å². The minimum absolute atomic E-state index is 0.0634. The van der Waals surface area contributed by atoms with Crippen molar-refractivity contribution in [2.24, 2.45) is 17.4 Å². The van der Waals surface area contributed by atoms with E-state index in [-0.39, 0.29) is 18.6 Å². The molecule has 7 N–H and O–H groups in total. The predicted octanol–water partition coefficient (Wildman–Crippen LogP) is -1.57. The van der Waals surface area contributed by atoms with Crippen LogP contribution in [0.1, 0.15) is 56.5 Å². The van der Waals surface area contributed by atoms with Gasteiger partial charge in [0.05, 0.1) is 13.0 Å². The van der Waals surface area contributed by atoms with Gasteiger partial charge in [-0.1, -0.05) is 44.5 Å². The first-order valence-electron chi connectivity index (χ1n) is 12.5. The highest BCUT2D eigenvalue weighted by Gasteiger charge is 2.32. The minimum atomic E-state index is -1.38. The molecular formula is C26H35N5O9. The lowest BCUT2D eigenvalue weighted by Crippen LogP contribution is -2.58. The summed E-state index contributed by atoms with van der Waals surface area (Å²) in [7, 11) is 0. The number of Topliss-reactive ketones (excluding diaryl/α,β-unsaturated/α-hetero) is 2. The fourth-order valence-corrected chi connectivity index (χ4v) is 3.54. The summed E-state index contributed by atoms with van der Waals surface area (Å²) < 4.78 is 4.54. The predicted molar refractivity (Wildman–Crippen MR) is 140 cm³/mol. The number of benzene rings is 1. The number of amides is 5. The maximum absolute atomic E-state index is 13.2. The first-order valence-corrected chi connectivity index (χ1v) is 12.5. The summed E-state index contributed by atoms with van der Waals surface area (Å²) in [6, 6.07) is 1.76. The Hall–Kier alpha value is -4.62. The molecule has 40 heavy (non-hydrogen) atoms. The molecule has 0 spiro atoms.